The molecule has 0 radical (unpaired) electrons. The van der Waals surface area contributed by atoms with E-state index in [1.54, 1.807) is 13.8 Å². The maximum absolute atomic E-state index is 12.0. The van der Waals surface area contributed by atoms with Crippen LogP contribution in [0.25, 0.3) is 0 Å². The Labute approximate surface area is 130 Å². The Morgan fingerprint density at radius 1 is 1.43 bits per heavy atom. The SMILES string of the molecule is CC(C)NC(=O)CCNS(=O)(=O)c1cc(C(=O)O)oc1Br. The van der Waals surface area contributed by atoms with E-state index in [9.17, 15) is 18.0 Å². The third-order valence-electron chi connectivity index (χ3n) is 2.25. The summed E-state index contributed by atoms with van der Waals surface area (Å²) >= 11 is 2.85. The van der Waals surface area contributed by atoms with Crippen molar-refractivity contribution >= 4 is 37.8 Å². The zero-order chi connectivity index (χ0) is 16.2. The monoisotopic (exact) mass is 382 g/mol. The zero-order valence-corrected chi connectivity index (χ0v) is 13.7. The van der Waals surface area contributed by atoms with Crippen LogP contribution in [0.4, 0.5) is 0 Å². The van der Waals surface area contributed by atoms with Crippen molar-refractivity contribution in [2.45, 2.75) is 31.2 Å². The number of carboxylic acid groups (broad SMARTS) is 1. The van der Waals surface area contributed by atoms with Gasteiger partial charge in [0.2, 0.25) is 21.7 Å². The number of carboxylic acids is 1. The molecule has 3 N–H and O–H groups in total. The number of hydrogen-bond acceptors (Lipinski definition) is 5. The van der Waals surface area contributed by atoms with Crippen molar-refractivity contribution in [3.05, 3.63) is 16.5 Å². The summed E-state index contributed by atoms with van der Waals surface area (Å²) in [6, 6.07) is 0.860. The molecule has 0 bridgehead atoms. The maximum atomic E-state index is 12.0. The minimum atomic E-state index is -3.96. The Morgan fingerprint density at radius 2 is 2.05 bits per heavy atom. The second-order valence-electron chi connectivity index (χ2n) is 4.42. The molecule has 1 aromatic rings. The molecule has 21 heavy (non-hydrogen) atoms. The zero-order valence-electron chi connectivity index (χ0n) is 11.3. The lowest BCUT2D eigenvalue weighted by molar-refractivity contribution is -0.121. The van der Waals surface area contributed by atoms with Crippen LogP contribution in [0, 0.1) is 0 Å². The highest BCUT2D eigenvalue weighted by atomic mass is 79.9. The van der Waals surface area contributed by atoms with Gasteiger partial charge in [-0.05, 0) is 29.8 Å². The first-order valence-corrected chi connectivity index (χ1v) is 8.22. The van der Waals surface area contributed by atoms with Crippen LogP contribution >= 0.6 is 15.9 Å². The van der Waals surface area contributed by atoms with Gasteiger partial charge >= 0.3 is 5.97 Å². The molecule has 1 aromatic heterocycles. The van der Waals surface area contributed by atoms with Crippen molar-refractivity contribution < 1.29 is 27.5 Å². The number of halogens is 1. The summed E-state index contributed by atoms with van der Waals surface area (Å²) in [6.45, 7) is 3.47. The lowest BCUT2D eigenvalue weighted by Crippen LogP contribution is -2.34. The number of rotatable bonds is 7. The highest BCUT2D eigenvalue weighted by Crippen LogP contribution is 2.25. The number of nitrogens with one attached hydrogen (secondary N) is 2. The van der Waals surface area contributed by atoms with E-state index in [0.29, 0.717) is 0 Å². The number of aromatic carboxylic acids is 1. The van der Waals surface area contributed by atoms with Gasteiger partial charge < -0.3 is 14.8 Å². The average molecular weight is 383 g/mol. The summed E-state index contributed by atoms with van der Waals surface area (Å²) in [5, 5.41) is 11.4. The first-order valence-electron chi connectivity index (χ1n) is 5.95. The molecule has 0 aliphatic rings. The van der Waals surface area contributed by atoms with Crippen LogP contribution in [0.3, 0.4) is 0 Å². The molecule has 0 saturated carbocycles. The summed E-state index contributed by atoms with van der Waals surface area (Å²) in [6.07, 6.45) is -0.0291. The molecular weight excluding hydrogens is 368 g/mol. The maximum Gasteiger partial charge on any atom is 0.371 e. The highest BCUT2D eigenvalue weighted by molar-refractivity contribution is 9.10. The molecule has 0 aliphatic carbocycles. The van der Waals surface area contributed by atoms with Crippen LogP contribution in [0.15, 0.2) is 20.0 Å². The van der Waals surface area contributed by atoms with E-state index in [-0.39, 0.29) is 34.5 Å². The molecule has 0 spiro atoms. The molecule has 0 aromatic carbocycles. The largest absolute Gasteiger partial charge is 0.475 e. The van der Waals surface area contributed by atoms with Gasteiger partial charge in [-0.3, -0.25) is 4.79 Å². The normalized spacial score (nSPS) is 11.6. The van der Waals surface area contributed by atoms with Crippen LogP contribution in [-0.2, 0) is 14.8 Å². The Kier molecular flexibility index (Phi) is 5.93. The average Bonchev–Trinajstić information content (AvgIpc) is 2.70. The molecule has 0 saturated heterocycles. The molecule has 1 rings (SSSR count). The number of amides is 1. The van der Waals surface area contributed by atoms with Crippen molar-refractivity contribution in [3.8, 4) is 0 Å². The van der Waals surface area contributed by atoms with Gasteiger partial charge in [0.25, 0.3) is 0 Å². The molecule has 1 heterocycles. The van der Waals surface area contributed by atoms with Crippen LogP contribution < -0.4 is 10.0 Å². The first-order chi connectivity index (χ1) is 9.63. The van der Waals surface area contributed by atoms with E-state index in [1.807, 2.05) is 0 Å². The van der Waals surface area contributed by atoms with Gasteiger partial charge in [-0.25, -0.2) is 17.9 Å². The predicted molar refractivity (Wildman–Crippen MR) is 76.5 cm³/mol. The van der Waals surface area contributed by atoms with Gasteiger partial charge in [0, 0.05) is 25.1 Å². The number of sulfonamides is 1. The van der Waals surface area contributed by atoms with Gasteiger partial charge in [0.1, 0.15) is 4.90 Å². The molecule has 0 atom stereocenters. The lowest BCUT2D eigenvalue weighted by Gasteiger charge is -2.08. The fraction of sp³-hybridized carbons (Fsp3) is 0.455. The number of hydrogen-bond donors (Lipinski definition) is 3. The van der Waals surface area contributed by atoms with E-state index in [2.05, 4.69) is 26.0 Å². The van der Waals surface area contributed by atoms with Crippen molar-refractivity contribution in [3.63, 3.8) is 0 Å². The second-order valence-corrected chi connectivity index (χ2v) is 6.88. The Bertz CT molecular complexity index is 637. The lowest BCUT2D eigenvalue weighted by atomic mass is 10.3. The quantitative estimate of drug-likeness (QED) is 0.643. The summed E-state index contributed by atoms with van der Waals surface area (Å²) in [7, 11) is -3.96. The van der Waals surface area contributed by atoms with Crippen LogP contribution in [0.5, 0.6) is 0 Å². The topological polar surface area (TPSA) is 126 Å². The van der Waals surface area contributed by atoms with Crippen LogP contribution in [0.1, 0.15) is 30.8 Å². The van der Waals surface area contributed by atoms with Gasteiger partial charge in [0.15, 0.2) is 4.67 Å². The summed E-state index contributed by atoms with van der Waals surface area (Å²) < 4.78 is 30.7. The second kappa shape index (κ2) is 7.05. The standard InChI is InChI=1S/C11H15BrN2O6S/c1-6(2)14-9(15)3-4-13-21(18,19)8-5-7(11(16)17)20-10(8)12/h5-6,13H,3-4H2,1-2H3,(H,14,15)(H,16,17). The van der Waals surface area contributed by atoms with Gasteiger partial charge in [-0.1, -0.05) is 0 Å². The van der Waals surface area contributed by atoms with Gasteiger partial charge in [-0.15, -0.1) is 0 Å². The summed E-state index contributed by atoms with van der Waals surface area (Å²) in [4.78, 5) is 21.8. The van der Waals surface area contributed by atoms with Crippen molar-refractivity contribution in [2.24, 2.45) is 0 Å². The third-order valence-corrected chi connectivity index (χ3v) is 4.57. The Morgan fingerprint density at radius 3 is 2.52 bits per heavy atom. The van der Waals surface area contributed by atoms with E-state index in [1.165, 1.54) is 0 Å². The molecule has 0 aliphatic heterocycles. The molecule has 0 unspecified atom stereocenters. The molecule has 10 heteroatoms. The molecule has 1 amide bonds. The number of carbonyl (C=O) groups is 2. The number of furan rings is 1. The van der Waals surface area contributed by atoms with Crippen molar-refractivity contribution in [1.82, 2.24) is 10.0 Å². The predicted octanol–water partition coefficient (Wildman–Crippen LogP) is 0.933. The van der Waals surface area contributed by atoms with E-state index >= 15 is 0 Å². The smallest absolute Gasteiger partial charge is 0.371 e. The van der Waals surface area contributed by atoms with Crippen LogP contribution in [0.2, 0.25) is 0 Å². The van der Waals surface area contributed by atoms with E-state index in [0.717, 1.165) is 6.07 Å². The van der Waals surface area contributed by atoms with Crippen molar-refractivity contribution in [1.29, 1.82) is 0 Å². The van der Waals surface area contributed by atoms with Gasteiger partial charge in [-0.2, -0.15) is 0 Å². The fourth-order valence-electron chi connectivity index (χ4n) is 1.41. The van der Waals surface area contributed by atoms with Crippen LogP contribution in [-0.4, -0.2) is 38.0 Å². The molecule has 8 nitrogen and oxygen atoms in total. The Hall–Kier alpha value is -1.39. The van der Waals surface area contributed by atoms with E-state index in [4.69, 9.17) is 9.52 Å². The Balaban J connectivity index is 2.70. The van der Waals surface area contributed by atoms with Gasteiger partial charge in [0.05, 0.1) is 0 Å². The first kappa shape index (κ1) is 17.7. The minimum absolute atomic E-state index is 0.0291. The molecule has 0 fully saturated rings. The van der Waals surface area contributed by atoms with E-state index < -0.39 is 21.8 Å². The molecular formula is C11H15BrN2O6S. The third kappa shape index (κ3) is 5.14. The minimum Gasteiger partial charge on any atom is -0.475 e. The summed E-state index contributed by atoms with van der Waals surface area (Å²) in [5.74, 6) is -2.17. The fourth-order valence-corrected chi connectivity index (χ4v) is 3.38. The van der Waals surface area contributed by atoms with Crippen molar-refractivity contribution in [2.75, 3.05) is 6.54 Å². The highest BCUT2D eigenvalue weighted by Gasteiger charge is 2.24. The molecule has 118 valence electrons. The number of carbonyl (C=O) groups excluding carboxylic acids is 1. The summed E-state index contributed by atoms with van der Waals surface area (Å²) in [5.41, 5.74) is 0.